The summed E-state index contributed by atoms with van der Waals surface area (Å²) in [7, 11) is 0. The molecule has 0 aromatic heterocycles. The number of nitrogens with two attached hydrogens (primary N) is 1. The van der Waals surface area contributed by atoms with Gasteiger partial charge >= 0.3 is 0 Å². The maximum Gasteiger partial charge on any atom is 0.101 e. The van der Waals surface area contributed by atoms with Crippen molar-refractivity contribution in [3.05, 3.63) is 42.0 Å². The van der Waals surface area contributed by atoms with Crippen LogP contribution in [0.4, 0.5) is 0 Å². The summed E-state index contributed by atoms with van der Waals surface area (Å²) in [6.45, 7) is 0.890. The Hall–Kier alpha value is -1.57. The van der Waals surface area contributed by atoms with E-state index in [4.69, 9.17) is 5.73 Å². The highest BCUT2D eigenvalue weighted by Gasteiger charge is 2.11. The lowest BCUT2D eigenvalue weighted by molar-refractivity contribution is 0.670. The molecule has 1 aliphatic heterocycles. The Morgan fingerprint density at radius 2 is 2.00 bits per heavy atom. The molecule has 2 N–H and O–H groups in total. The standard InChI is InChI=1S/C14H18N2/c15-14-13(8-4-5-11-16-14)10-9-12-6-2-1-3-7-12/h1-3,6-7,9-10,13H,4-5,8,11H2,(H2,15,16). The number of amidine groups is 1. The Morgan fingerprint density at radius 1 is 1.19 bits per heavy atom. The molecular formula is C14H18N2. The van der Waals surface area contributed by atoms with Gasteiger partial charge in [-0.05, 0) is 18.4 Å². The molecule has 16 heavy (non-hydrogen) atoms. The molecule has 0 bridgehead atoms. The number of benzene rings is 1. The molecule has 84 valence electrons. The second-order valence-corrected chi connectivity index (χ2v) is 4.18. The quantitative estimate of drug-likeness (QED) is 0.807. The molecule has 2 heteroatoms. The maximum absolute atomic E-state index is 5.94. The molecule has 1 heterocycles. The summed E-state index contributed by atoms with van der Waals surface area (Å²) in [5.41, 5.74) is 7.16. The third-order valence-corrected chi connectivity index (χ3v) is 2.92. The van der Waals surface area contributed by atoms with Crippen molar-refractivity contribution in [3.63, 3.8) is 0 Å². The van der Waals surface area contributed by atoms with Crippen molar-refractivity contribution in [1.82, 2.24) is 0 Å². The number of hydrogen-bond donors (Lipinski definition) is 1. The normalized spacial score (nSPS) is 21.8. The van der Waals surface area contributed by atoms with Crippen LogP contribution in [0.2, 0.25) is 0 Å². The van der Waals surface area contributed by atoms with E-state index in [1.165, 1.54) is 12.0 Å². The monoisotopic (exact) mass is 214 g/mol. The molecule has 1 aliphatic rings. The summed E-state index contributed by atoms with van der Waals surface area (Å²) in [6.07, 6.45) is 7.82. The van der Waals surface area contributed by atoms with Gasteiger partial charge in [0.2, 0.25) is 0 Å². The van der Waals surface area contributed by atoms with Gasteiger partial charge in [-0.3, -0.25) is 4.99 Å². The first-order valence-corrected chi connectivity index (χ1v) is 5.89. The van der Waals surface area contributed by atoms with Crippen LogP contribution in [0.5, 0.6) is 0 Å². The zero-order valence-corrected chi connectivity index (χ0v) is 9.47. The van der Waals surface area contributed by atoms with Crippen LogP contribution in [-0.2, 0) is 0 Å². The third kappa shape index (κ3) is 2.96. The lowest BCUT2D eigenvalue weighted by Crippen LogP contribution is -2.21. The van der Waals surface area contributed by atoms with Gasteiger partial charge in [-0.25, -0.2) is 0 Å². The summed E-state index contributed by atoms with van der Waals surface area (Å²) in [6, 6.07) is 10.3. The van der Waals surface area contributed by atoms with E-state index in [1.807, 2.05) is 18.2 Å². The fraction of sp³-hybridized carbons (Fsp3) is 0.357. The Bertz CT molecular complexity index is 379. The number of hydrogen-bond acceptors (Lipinski definition) is 2. The number of nitrogens with zero attached hydrogens (tertiary/aromatic N) is 1. The number of rotatable bonds is 2. The highest BCUT2D eigenvalue weighted by molar-refractivity contribution is 5.85. The van der Waals surface area contributed by atoms with Gasteiger partial charge in [-0.2, -0.15) is 0 Å². The first-order valence-electron chi connectivity index (χ1n) is 5.89. The molecule has 2 nitrogen and oxygen atoms in total. The maximum atomic E-state index is 5.94. The van der Waals surface area contributed by atoms with Crippen LogP contribution < -0.4 is 5.73 Å². The summed E-state index contributed by atoms with van der Waals surface area (Å²) in [4.78, 5) is 4.36. The molecule has 0 aliphatic carbocycles. The molecule has 0 amide bonds. The molecule has 1 aromatic rings. The fourth-order valence-corrected chi connectivity index (χ4v) is 1.94. The predicted molar refractivity (Wildman–Crippen MR) is 69.3 cm³/mol. The van der Waals surface area contributed by atoms with E-state index in [-0.39, 0.29) is 0 Å². The predicted octanol–water partition coefficient (Wildman–Crippen LogP) is 2.86. The Labute approximate surface area is 96.9 Å². The van der Waals surface area contributed by atoms with Crippen LogP contribution in [-0.4, -0.2) is 12.4 Å². The van der Waals surface area contributed by atoms with E-state index >= 15 is 0 Å². The van der Waals surface area contributed by atoms with E-state index in [1.54, 1.807) is 0 Å². The lowest BCUT2D eigenvalue weighted by Gasteiger charge is -2.08. The van der Waals surface area contributed by atoms with Crippen molar-refractivity contribution in [2.45, 2.75) is 19.3 Å². The van der Waals surface area contributed by atoms with Crippen molar-refractivity contribution >= 4 is 11.9 Å². The lowest BCUT2D eigenvalue weighted by atomic mass is 10.0. The van der Waals surface area contributed by atoms with Gasteiger partial charge in [-0.1, -0.05) is 48.9 Å². The minimum absolute atomic E-state index is 0.322. The molecule has 0 spiro atoms. The minimum atomic E-state index is 0.322. The van der Waals surface area contributed by atoms with Crippen LogP contribution in [0.25, 0.3) is 6.08 Å². The van der Waals surface area contributed by atoms with E-state index in [2.05, 4.69) is 29.3 Å². The molecule has 2 rings (SSSR count). The minimum Gasteiger partial charge on any atom is -0.387 e. The third-order valence-electron chi connectivity index (χ3n) is 2.92. The summed E-state index contributed by atoms with van der Waals surface area (Å²) < 4.78 is 0. The Balaban J connectivity index is 2.05. The molecule has 0 saturated heterocycles. The van der Waals surface area contributed by atoms with E-state index in [9.17, 15) is 0 Å². The Kier molecular flexibility index (Phi) is 3.76. The Morgan fingerprint density at radius 3 is 2.81 bits per heavy atom. The van der Waals surface area contributed by atoms with Crippen LogP contribution in [0.15, 0.2) is 41.4 Å². The van der Waals surface area contributed by atoms with Crippen LogP contribution in [0.3, 0.4) is 0 Å². The van der Waals surface area contributed by atoms with Crippen molar-refractivity contribution in [2.75, 3.05) is 6.54 Å². The SMILES string of the molecule is NC1=NCCCCC1C=Cc1ccccc1. The van der Waals surface area contributed by atoms with Gasteiger partial charge < -0.3 is 5.73 Å². The smallest absolute Gasteiger partial charge is 0.101 e. The second kappa shape index (κ2) is 5.50. The number of aliphatic imine (C=N–C) groups is 1. The summed E-state index contributed by atoms with van der Waals surface area (Å²) >= 11 is 0. The van der Waals surface area contributed by atoms with Gasteiger partial charge in [0, 0.05) is 12.5 Å². The molecule has 1 atom stereocenters. The average molecular weight is 214 g/mol. The first-order chi connectivity index (χ1) is 7.86. The molecule has 0 fully saturated rings. The van der Waals surface area contributed by atoms with Crippen molar-refractivity contribution in [3.8, 4) is 0 Å². The van der Waals surface area contributed by atoms with Crippen molar-refractivity contribution in [2.24, 2.45) is 16.6 Å². The largest absolute Gasteiger partial charge is 0.387 e. The molecular weight excluding hydrogens is 196 g/mol. The highest BCUT2D eigenvalue weighted by atomic mass is 14.9. The highest BCUT2D eigenvalue weighted by Crippen LogP contribution is 2.16. The van der Waals surface area contributed by atoms with E-state index in [0.717, 1.165) is 25.2 Å². The van der Waals surface area contributed by atoms with Crippen LogP contribution in [0.1, 0.15) is 24.8 Å². The van der Waals surface area contributed by atoms with Crippen LogP contribution in [0, 0.1) is 5.92 Å². The average Bonchev–Trinajstić information content (AvgIpc) is 2.53. The van der Waals surface area contributed by atoms with E-state index < -0.39 is 0 Å². The van der Waals surface area contributed by atoms with E-state index in [0.29, 0.717) is 5.92 Å². The van der Waals surface area contributed by atoms with Gasteiger partial charge in [-0.15, -0.1) is 0 Å². The van der Waals surface area contributed by atoms with Gasteiger partial charge in [0.15, 0.2) is 0 Å². The fourth-order valence-electron chi connectivity index (χ4n) is 1.94. The molecule has 1 unspecified atom stereocenters. The second-order valence-electron chi connectivity index (χ2n) is 4.18. The zero-order valence-electron chi connectivity index (χ0n) is 9.47. The molecule has 0 saturated carbocycles. The van der Waals surface area contributed by atoms with Gasteiger partial charge in [0.05, 0.1) is 0 Å². The molecule has 0 radical (unpaired) electrons. The van der Waals surface area contributed by atoms with Crippen molar-refractivity contribution < 1.29 is 0 Å². The van der Waals surface area contributed by atoms with Gasteiger partial charge in [0.1, 0.15) is 5.84 Å². The van der Waals surface area contributed by atoms with Crippen LogP contribution >= 0.6 is 0 Å². The first kappa shape index (κ1) is 10.9. The topological polar surface area (TPSA) is 38.4 Å². The summed E-state index contributed by atoms with van der Waals surface area (Å²) in [5, 5.41) is 0. The van der Waals surface area contributed by atoms with Crippen molar-refractivity contribution in [1.29, 1.82) is 0 Å². The summed E-state index contributed by atoms with van der Waals surface area (Å²) in [5.74, 6) is 1.12. The zero-order chi connectivity index (χ0) is 11.2. The molecule has 1 aromatic carbocycles. The van der Waals surface area contributed by atoms with Gasteiger partial charge in [0.25, 0.3) is 0 Å².